The number of nitrogens with one attached hydrogen (secondary N) is 2. The van der Waals surface area contributed by atoms with Gasteiger partial charge in [-0.2, -0.15) is 0 Å². The van der Waals surface area contributed by atoms with E-state index in [1.807, 2.05) is 0 Å². The number of piperazine rings is 1. The quantitative estimate of drug-likeness (QED) is 0.693. The summed E-state index contributed by atoms with van der Waals surface area (Å²) in [7, 11) is 0. The molecule has 1 saturated heterocycles. The molecule has 2 heterocycles. The van der Waals surface area contributed by atoms with Crippen molar-refractivity contribution in [1.82, 2.24) is 0 Å². The van der Waals surface area contributed by atoms with Gasteiger partial charge in [0, 0.05) is 10.6 Å². The summed E-state index contributed by atoms with van der Waals surface area (Å²) in [6.45, 7) is 6.28. The molecule has 2 amide bonds. The van der Waals surface area contributed by atoms with E-state index < -0.39 is 5.91 Å². The van der Waals surface area contributed by atoms with Crippen molar-refractivity contribution in [2.75, 3.05) is 42.9 Å². The average molecular weight is 414 g/mol. The van der Waals surface area contributed by atoms with Gasteiger partial charge in [-0.1, -0.05) is 18.2 Å². The number of nitrogens with zero attached hydrogens (tertiary/aromatic N) is 1. The van der Waals surface area contributed by atoms with Crippen LogP contribution < -0.4 is 20.9 Å². The van der Waals surface area contributed by atoms with Crippen molar-refractivity contribution in [3.8, 4) is 0 Å². The Balaban J connectivity index is 1.36. The Bertz CT molecular complexity index is 916. The summed E-state index contributed by atoms with van der Waals surface area (Å²) in [5, 5.41) is 3.64. The second kappa shape index (κ2) is 8.55. The van der Waals surface area contributed by atoms with Crippen molar-refractivity contribution in [2.24, 2.45) is 5.73 Å². The number of carbonyl (C=O) groups excluding carboxylic acids is 2. The molecule has 4 N–H and O–H groups in total. The maximum atomic E-state index is 12.7. The van der Waals surface area contributed by atoms with Gasteiger partial charge in [0.25, 0.3) is 11.8 Å². The molecular formula is C22H29N4O2S+. The summed E-state index contributed by atoms with van der Waals surface area (Å²) in [6, 6.07) is 8.44. The molecule has 1 fully saturated rings. The van der Waals surface area contributed by atoms with Gasteiger partial charge in [-0.15, -0.1) is 11.3 Å². The van der Waals surface area contributed by atoms with E-state index in [1.54, 1.807) is 0 Å². The lowest BCUT2D eigenvalue weighted by atomic mass is 9.95. The maximum Gasteiger partial charge on any atom is 0.280 e. The van der Waals surface area contributed by atoms with Crippen LogP contribution in [-0.2, 0) is 17.6 Å². The summed E-state index contributed by atoms with van der Waals surface area (Å²) < 4.78 is 0. The molecule has 29 heavy (non-hydrogen) atoms. The predicted octanol–water partition coefficient (Wildman–Crippen LogP) is 1.38. The number of fused-ring (bicyclic) bond motifs is 1. The third-order valence-electron chi connectivity index (χ3n) is 6.01. The van der Waals surface area contributed by atoms with Crippen LogP contribution in [0.5, 0.6) is 0 Å². The number of quaternary nitrogens is 1. The van der Waals surface area contributed by atoms with E-state index in [0.717, 1.165) is 57.4 Å². The highest BCUT2D eigenvalue weighted by Gasteiger charge is 2.27. The molecule has 1 aliphatic carbocycles. The molecule has 0 saturated carbocycles. The predicted molar refractivity (Wildman–Crippen MR) is 117 cm³/mol. The first kappa shape index (κ1) is 19.9. The van der Waals surface area contributed by atoms with E-state index in [9.17, 15) is 9.59 Å². The molecule has 1 aromatic carbocycles. The van der Waals surface area contributed by atoms with Gasteiger partial charge in [0.05, 0.1) is 31.7 Å². The van der Waals surface area contributed by atoms with Crippen LogP contribution in [0.25, 0.3) is 0 Å². The van der Waals surface area contributed by atoms with Gasteiger partial charge < -0.3 is 20.9 Å². The summed E-state index contributed by atoms with van der Waals surface area (Å²) in [5.41, 5.74) is 9.80. The fraction of sp³-hybridized carbons (Fsp3) is 0.455. The Kier molecular flexibility index (Phi) is 5.87. The largest absolute Gasteiger partial charge is 0.365 e. The number of thiophene rings is 1. The smallest absolute Gasteiger partial charge is 0.280 e. The van der Waals surface area contributed by atoms with Crippen LogP contribution in [0.15, 0.2) is 24.3 Å². The number of primary amides is 1. The fourth-order valence-corrected chi connectivity index (χ4v) is 5.78. The Morgan fingerprint density at radius 1 is 1.17 bits per heavy atom. The first-order valence-electron chi connectivity index (χ1n) is 10.4. The zero-order chi connectivity index (χ0) is 20.4. The summed E-state index contributed by atoms with van der Waals surface area (Å²) >= 11 is 1.53. The Hall–Kier alpha value is -2.38. The molecule has 2 aliphatic rings. The van der Waals surface area contributed by atoms with Gasteiger partial charge in [-0.05, 0) is 49.8 Å². The Morgan fingerprint density at radius 2 is 1.90 bits per heavy atom. The second-order valence-corrected chi connectivity index (χ2v) is 9.13. The van der Waals surface area contributed by atoms with E-state index in [4.69, 9.17) is 5.73 Å². The van der Waals surface area contributed by atoms with Crippen molar-refractivity contribution >= 4 is 33.8 Å². The van der Waals surface area contributed by atoms with Crippen LogP contribution in [0.2, 0.25) is 0 Å². The standard InChI is InChI=1S/C22H28N4O2S/c1-15-6-2-4-8-17(15)26-12-10-25(11-13-26)14-19(27)24-22-20(21(23)28)16-7-3-5-9-18(16)29-22/h2,4,6,8H,3,5,7,9-14H2,1H3,(H2,23,28)(H,24,27)/p+1. The van der Waals surface area contributed by atoms with Crippen molar-refractivity contribution in [3.63, 3.8) is 0 Å². The number of benzene rings is 1. The monoisotopic (exact) mass is 413 g/mol. The second-order valence-electron chi connectivity index (χ2n) is 8.03. The van der Waals surface area contributed by atoms with Gasteiger partial charge in [0.1, 0.15) is 5.00 Å². The zero-order valence-electron chi connectivity index (χ0n) is 16.9. The van der Waals surface area contributed by atoms with Gasteiger partial charge in [-0.3, -0.25) is 9.59 Å². The number of para-hydroxylation sites is 1. The van der Waals surface area contributed by atoms with Crippen molar-refractivity contribution < 1.29 is 14.5 Å². The zero-order valence-corrected chi connectivity index (χ0v) is 17.7. The van der Waals surface area contributed by atoms with Gasteiger partial charge in [0.2, 0.25) is 0 Å². The number of carbonyl (C=O) groups is 2. The lowest BCUT2D eigenvalue weighted by Crippen LogP contribution is -3.15. The minimum Gasteiger partial charge on any atom is -0.365 e. The van der Waals surface area contributed by atoms with Gasteiger partial charge in [-0.25, -0.2) is 0 Å². The summed E-state index contributed by atoms with van der Waals surface area (Å²) in [5.74, 6) is -0.468. The first-order valence-corrected chi connectivity index (χ1v) is 11.2. The minimum atomic E-state index is -0.432. The van der Waals surface area contributed by atoms with Gasteiger partial charge >= 0.3 is 0 Å². The SMILES string of the molecule is Cc1ccccc1N1CC[NH+](CC(=O)Nc2sc3c(c2C(N)=O)CCCC3)CC1. The molecule has 154 valence electrons. The number of nitrogens with two attached hydrogens (primary N) is 1. The van der Waals surface area contributed by atoms with Crippen molar-refractivity contribution in [2.45, 2.75) is 32.6 Å². The molecule has 4 rings (SSSR count). The molecule has 0 bridgehead atoms. The van der Waals surface area contributed by atoms with Crippen LogP contribution in [0.4, 0.5) is 10.7 Å². The molecule has 1 aromatic heterocycles. The molecule has 1 aliphatic heterocycles. The number of hydrogen-bond donors (Lipinski definition) is 3. The fourth-order valence-electron chi connectivity index (χ4n) is 4.47. The third-order valence-corrected chi connectivity index (χ3v) is 7.22. The molecule has 0 unspecified atom stereocenters. The van der Waals surface area contributed by atoms with Crippen LogP contribution >= 0.6 is 11.3 Å². The Morgan fingerprint density at radius 3 is 2.62 bits per heavy atom. The van der Waals surface area contributed by atoms with E-state index in [-0.39, 0.29) is 5.91 Å². The van der Waals surface area contributed by atoms with E-state index >= 15 is 0 Å². The highest BCUT2D eigenvalue weighted by atomic mass is 32.1. The lowest BCUT2D eigenvalue weighted by Gasteiger charge is -2.34. The van der Waals surface area contributed by atoms with Gasteiger partial charge in [0.15, 0.2) is 6.54 Å². The number of aryl methyl sites for hydroxylation is 2. The lowest BCUT2D eigenvalue weighted by molar-refractivity contribution is -0.892. The molecular weight excluding hydrogens is 384 g/mol. The molecule has 0 radical (unpaired) electrons. The molecule has 0 atom stereocenters. The molecule has 0 spiro atoms. The van der Waals surface area contributed by atoms with Crippen LogP contribution in [0, 0.1) is 6.92 Å². The average Bonchev–Trinajstić information content (AvgIpc) is 3.07. The highest BCUT2D eigenvalue weighted by molar-refractivity contribution is 7.17. The van der Waals surface area contributed by atoms with Crippen molar-refractivity contribution in [1.29, 1.82) is 0 Å². The number of anilines is 2. The number of amides is 2. The summed E-state index contributed by atoms with van der Waals surface area (Å²) in [4.78, 5) is 29.6. The molecule has 7 heteroatoms. The number of rotatable bonds is 5. The number of hydrogen-bond acceptors (Lipinski definition) is 4. The normalized spacial score (nSPS) is 17.1. The van der Waals surface area contributed by atoms with E-state index in [1.165, 1.54) is 32.4 Å². The highest BCUT2D eigenvalue weighted by Crippen LogP contribution is 2.37. The van der Waals surface area contributed by atoms with E-state index in [2.05, 4.69) is 41.4 Å². The van der Waals surface area contributed by atoms with Crippen LogP contribution in [0.3, 0.4) is 0 Å². The molecule has 2 aromatic rings. The minimum absolute atomic E-state index is 0.0366. The van der Waals surface area contributed by atoms with E-state index in [0.29, 0.717) is 17.1 Å². The summed E-state index contributed by atoms with van der Waals surface area (Å²) in [6.07, 6.45) is 4.06. The first-order chi connectivity index (χ1) is 14.0. The maximum absolute atomic E-state index is 12.7. The van der Waals surface area contributed by atoms with Crippen LogP contribution in [0.1, 0.15) is 39.2 Å². The Labute approximate surface area is 175 Å². The van der Waals surface area contributed by atoms with Crippen molar-refractivity contribution in [3.05, 3.63) is 45.8 Å². The van der Waals surface area contributed by atoms with Crippen LogP contribution in [-0.4, -0.2) is 44.5 Å². The third kappa shape index (κ3) is 4.31. The molecule has 6 nitrogen and oxygen atoms in total. The topological polar surface area (TPSA) is 79.9 Å².